The van der Waals surface area contributed by atoms with Gasteiger partial charge < -0.3 is 15.2 Å². The van der Waals surface area contributed by atoms with Crippen molar-refractivity contribution >= 4 is 11.9 Å². The van der Waals surface area contributed by atoms with E-state index in [0.29, 0.717) is 23.8 Å². The Labute approximate surface area is 135 Å². The quantitative estimate of drug-likeness (QED) is 0.770. The number of alkyl halides is 1. The normalized spacial score (nSPS) is 12.8. The molecule has 0 spiro atoms. The molecule has 1 amide bonds. The molecule has 1 rings (SSSR count). The second-order valence-corrected chi connectivity index (χ2v) is 6.37. The van der Waals surface area contributed by atoms with Gasteiger partial charge >= 0.3 is 5.97 Å². The Hall–Kier alpha value is -2.11. The van der Waals surface area contributed by atoms with Gasteiger partial charge in [0, 0.05) is 0 Å². The lowest BCUT2D eigenvalue weighted by molar-refractivity contribution is -0.143. The number of aliphatic carboxylic acids is 1. The zero-order valence-corrected chi connectivity index (χ0v) is 13.9. The molecule has 0 aliphatic rings. The van der Waals surface area contributed by atoms with Crippen LogP contribution in [0.5, 0.6) is 5.75 Å². The van der Waals surface area contributed by atoms with Crippen LogP contribution in [0.25, 0.3) is 0 Å². The Morgan fingerprint density at radius 3 is 2.26 bits per heavy atom. The van der Waals surface area contributed by atoms with Crippen molar-refractivity contribution < 1.29 is 23.8 Å². The summed E-state index contributed by atoms with van der Waals surface area (Å²) in [5.41, 5.74) is -0.297. The highest BCUT2D eigenvalue weighted by Gasteiger charge is 2.33. The summed E-state index contributed by atoms with van der Waals surface area (Å²) in [5, 5.41) is 11.0. The van der Waals surface area contributed by atoms with Crippen molar-refractivity contribution in [3.8, 4) is 5.75 Å². The van der Waals surface area contributed by atoms with E-state index < -0.39 is 30.0 Å². The zero-order chi connectivity index (χ0) is 17.6. The van der Waals surface area contributed by atoms with Gasteiger partial charge in [-0.05, 0) is 37.5 Å². The van der Waals surface area contributed by atoms with Crippen LogP contribution in [-0.2, 0) is 15.0 Å². The van der Waals surface area contributed by atoms with E-state index >= 15 is 0 Å². The Morgan fingerprint density at radius 1 is 1.26 bits per heavy atom. The third-order valence-electron chi connectivity index (χ3n) is 3.48. The molecule has 0 fully saturated rings. The third-order valence-corrected chi connectivity index (χ3v) is 3.48. The largest absolute Gasteiger partial charge is 0.493 e. The standard InChI is InChI=1S/C17H24FNO4/c1-11(2)10-23-13-7-5-12(6-8-13)17(3,4)16(22)19-14(9-18)15(20)21/h5-8,11,14H,9-10H2,1-4H3,(H,19,22)(H,20,21). The fourth-order valence-electron chi connectivity index (χ4n) is 1.87. The second kappa shape index (κ2) is 7.94. The lowest BCUT2D eigenvalue weighted by Crippen LogP contribution is -2.49. The molecule has 0 bridgehead atoms. The SMILES string of the molecule is CC(C)COc1ccc(C(C)(C)C(=O)NC(CF)C(=O)O)cc1. The lowest BCUT2D eigenvalue weighted by atomic mass is 9.83. The maximum absolute atomic E-state index is 12.7. The highest BCUT2D eigenvalue weighted by molar-refractivity contribution is 5.90. The first-order valence-electron chi connectivity index (χ1n) is 7.51. The maximum atomic E-state index is 12.7. The van der Waals surface area contributed by atoms with Crippen LogP contribution in [0.15, 0.2) is 24.3 Å². The number of halogens is 1. The highest BCUT2D eigenvalue weighted by Crippen LogP contribution is 2.26. The summed E-state index contributed by atoms with van der Waals surface area (Å²) < 4.78 is 18.2. The predicted molar refractivity (Wildman–Crippen MR) is 85.3 cm³/mol. The third kappa shape index (κ3) is 5.23. The minimum Gasteiger partial charge on any atom is -0.493 e. The molecule has 0 aromatic heterocycles. The summed E-state index contributed by atoms with van der Waals surface area (Å²) in [5.74, 6) is -0.830. The number of ether oxygens (including phenoxy) is 1. The number of benzene rings is 1. The fourth-order valence-corrected chi connectivity index (χ4v) is 1.87. The van der Waals surface area contributed by atoms with E-state index in [2.05, 4.69) is 5.32 Å². The van der Waals surface area contributed by atoms with Crippen molar-refractivity contribution in [2.45, 2.75) is 39.2 Å². The number of carboxylic acids is 1. The number of rotatable bonds is 8. The molecule has 2 N–H and O–H groups in total. The van der Waals surface area contributed by atoms with E-state index in [-0.39, 0.29) is 0 Å². The highest BCUT2D eigenvalue weighted by atomic mass is 19.1. The second-order valence-electron chi connectivity index (χ2n) is 6.37. The molecule has 0 heterocycles. The van der Waals surface area contributed by atoms with Crippen LogP contribution in [0.2, 0.25) is 0 Å². The summed E-state index contributed by atoms with van der Waals surface area (Å²) in [7, 11) is 0. The molecule has 1 aromatic rings. The van der Waals surface area contributed by atoms with Crippen LogP contribution in [-0.4, -0.2) is 36.3 Å². The summed E-state index contributed by atoms with van der Waals surface area (Å²) in [6.45, 7) is 6.85. The first kappa shape index (κ1) is 18.9. The van der Waals surface area contributed by atoms with Gasteiger partial charge in [-0.25, -0.2) is 9.18 Å². The number of carboxylic acid groups (broad SMARTS) is 1. The molecule has 0 saturated carbocycles. The number of nitrogens with one attached hydrogen (secondary N) is 1. The summed E-state index contributed by atoms with van der Waals surface area (Å²) in [6, 6.07) is 5.49. The van der Waals surface area contributed by atoms with Gasteiger partial charge in [-0.3, -0.25) is 4.79 Å². The summed E-state index contributed by atoms with van der Waals surface area (Å²) in [6.07, 6.45) is 0. The van der Waals surface area contributed by atoms with E-state index in [1.807, 2.05) is 13.8 Å². The van der Waals surface area contributed by atoms with Crippen molar-refractivity contribution in [1.29, 1.82) is 0 Å². The summed E-state index contributed by atoms with van der Waals surface area (Å²) >= 11 is 0. The van der Waals surface area contributed by atoms with Gasteiger partial charge in [0.25, 0.3) is 0 Å². The molecule has 1 aromatic carbocycles. The van der Waals surface area contributed by atoms with Gasteiger partial charge in [0.05, 0.1) is 12.0 Å². The number of carbonyl (C=O) groups is 2. The van der Waals surface area contributed by atoms with E-state index in [9.17, 15) is 14.0 Å². The molecule has 0 radical (unpaired) electrons. The van der Waals surface area contributed by atoms with Crippen LogP contribution in [0.1, 0.15) is 33.3 Å². The van der Waals surface area contributed by atoms with Gasteiger partial charge in [-0.1, -0.05) is 26.0 Å². The van der Waals surface area contributed by atoms with Crippen molar-refractivity contribution in [3.05, 3.63) is 29.8 Å². The molecule has 0 aliphatic carbocycles. The van der Waals surface area contributed by atoms with E-state index in [1.165, 1.54) is 0 Å². The number of amides is 1. The lowest BCUT2D eigenvalue weighted by Gasteiger charge is -2.26. The number of carbonyl (C=O) groups excluding carboxylic acids is 1. The average Bonchev–Trinajstić information content (AvgIpc) is 2.50. The molecule has 1 atom stereocenters. The Morgan fingerprint density at radius 2 is 1.83 bits per heavy atom. The fraction of sp³-hybridized carbons (Fsp3) is 0.529. The average molecular weight is 325 g/mol. The van der Waals surface area contributed by atoms with Gasteiger partial charge in [-0.2, -0.15) is 0 Å². The van der Waals surface area contributed by atoms with Gasteiger partial charge in [0.2, 0.25) is 5.91 Å². The molecular weight excluding hydrogens is 301 g/mol. The Bertz CT molecular complexity index is 540. The molecule has 5 nitrogen and oxygen atoms in total. The van der Waals surface area contributed by atoms with Crippen molar-refractivity contribution in [3.63, 3.8) is 0 Å². The van der Waals surface area contributed by atoms with Crippen LogP contribution in [0.4, 0.5) is 4.39 Å². The minimum atomic E-state index is -1.53. The molecule has 0 saturated heterocycles. The molecule has 128 valence electrons. The molecular formula is C17H24FNO4. The first-order chi connectivity index (χ1) is 10.7. The zero-order valence-electron chi connectivity index (χ0n) is 13.9. The van der Waals surface area contributed by atoms with Crippen LogP contribution >= 0.6 is 0 Å². The number of hydrogen-bond acceptors (Lipinski definition) is 3. The van der Waals surface area contributed by atoms with Crippen LogP contribution in [0.3, 0.4) is 0 Å². The Kier molecular flexibility index (Phi) is 6.54. The van der Waals surface area contributed by atoms with Crippen molar-refractivity contribution in [2.75, 3.05) is 13.3 Å². The molecule has 0 aliphatic heterocycles. The monoisotopic (exact) mass is 325 g/mol. The summed E-state index contributed by atoms with van der Waals surface area (Å²) in [4.78, 5) is 23.1. The van der Waals surface area contributed by atoms with Crippen molar-refractivity contribution in [1.82, 2.24) is 5.32 Å². The molecule has 23 heavy (non-hydrogen) atoms. The minimum absolute atomic E-state index is 0.408. The number of hydrogen-bond donors (Lipinski definition) is 2. The van der Waals surface area contributed by atoms with Gasteiger partial charge in [0.1, 0.15) is 12.4 Å². The van der Waals surface area contributed by atoms with Crippen molar-refractivity contribution in [2.24, 2.45) is 5.92 Å². The molecule has 1 unspecified atom stereocenters. The smallest absolute Gasteiger partial charge is 0.328 e. The predicted octanol–water partition coefficient (Wildman–Crippen LogP) is 2.54. The van der Waals surface area contributed by atoms with E-state index in [1.54, 1.807) is 38.1 Å². The Balaban J connectivity index is 2.82. The van der Waals surface area contributed by atoms with Gasteiger partial charge in [0.15, 0.2) is 6.04 Å². The first-order valence-corrected chi connectivity index (χ1v) is 7.51. The van der Waals surface area contributed by atoms with Gasteiger partial charge in [-0.15, -0.1) is 0 Å². The van der Waals surface area contributed by atoms with Crippen LogP contribution in [0, 0.1) is 5.92 Å². The topological polar surface area (TPSA) is 75.6 Å². The molecule has 6 heteroatoms. The van der Waals surface area contributed by atoms with E-state index in [0.717, 1.165) is 0 Å². The van der Waals surface area contributed by atoms with Crippen LogP contribution < -0.4 is 10.1 Å². The maximum Gasteiger partial charge on any atom is 0.328 e. The van der Waals surface area contributed by atoms with E-state index in [4.69, 9.17) is 9.84 Å².